The summed E-state index contributed by atoms with van der Waals surface area (Å²) in [6.45, 7) is 0.0810. The van der Waals surface area contributed by atoms with Gasteiger partial charge in [0.1, 0.15) is 6.10 Å². The van der Waals surface area contributed by atoms with E-state index in [9.17, 15) is 15.2 Å². The maximum atomic E-state index is 10.2. The molecule has 5 nitrogen and oxygen atoms in total. The van der Waals surface area contributed by atoms with Gasteiger partial charge in [0.25, 0.3) is 0 Å². The first kappa shape index (κ1) is 9.11. The molecule has 0 aliphatic rings. The Morgan fingerprint density at radius 2 is 2.42 bits per heavy atom. The van der Waals surface area contributed by atoms with Gasteiger partial charge in [-0.2, -0.15) is 0 Å². The van der Waals surface area contributed by atoms with Crippen molar-refractivity contribution in [3.05, 3.63) is 27.1 Å². The van der Waals surface area contributed by atoms with Gasteiger partial charge in [-0.15, -0.1) is 0 Å². The minimum absolute atomic E-state index is 0.0255. The maximum absolute atomic E-state index is 10.2. The molecule has 0 saturated heterocycles. The van der Waals surface area contributed by atoms with E-state index in [2.05, 4.69) is 0 Å². The molecule has 3 N–H and O–H groups in total. The standard InChI is InChI=1S/C6H8N2O3S/c7-3-4(9)5-1-2-6(12-5)8(10)11/h1-2,4,9H,3,7H2/t4-/m0/s1. The number of nitro groups is 1. The molecule has 1 heterocycles. The zero-order valence-corrected chi connectivity index (χ0v) is 6.95. The summed E-state index contributed by atoms with van der Waals surface area (Å²) in [6, 6.07) is 2.87. The van der Waals surface area contributed by atoms with Crippen LogP contribution in [0.4, 0.5) is 5.00 Å². The number of hydrogen-bond acceptors (Lipinski definition) is 5. The minimum atomic E-state index is -0.788. The molecule has 12 heavy (non-hydrogen) atoms. The van der Waals surface area contributed by atoms with E-state index >= 15 is 0 Å². The number of nitrogens with zero attached hydrogens (tertiary/aromatic N) is 1. The van der Waals surface area contributed by atoms with Crippen LogP contribution in [0.1, 0.15) is 11.0 Å². The highest BCUT2D eigenvalue weighted by atomic mass is 32.1. The van der Waals surface area contributed by atoms with E-state index in [1.54, 1.807) is 0 Å². The van der Waals surface area contributed by atoms with Gasteiger partial charge in [-0.25, -0.2) is 0 Å². The molecule has 0 bridgehead atoms. The fraction of sp³-hybridized carbons (Fsp3) is 0.333. The predicted molar refractivity (Wildman–Crippen MR) is 45.0 cm³/mol. The number of rotatable bonds is 3. The van der Waals surface area contributed by atoms with Crippen molar-refractivity contribution < 1.29 is 10.0 Å². The molecule has 6 heteroatoms. The number of thiophene rings is 1. The highest BCUT2D eigenvalue weighted by molar-refractivity contribution is 7.15. The Kier molecular flexibility index (Phi) is 2.74. The molecule has 1 aromatic heterocycles. The molecule has 66 valence electrons. The summed E-state index contributed by atoms with van der Waals surface area (Å²) in [6.07, 6.45) is -0.788. The van der Waals surface area contributed by atoms with Crippen molar-refractivity contribution in [2.45, 2.75) is 6.10 Å². The van der Waals surface area contributed by atoms with Crippen molar-refractivity contribution in [1.29, 1.82) is 0 Å². The second-order valence-corrected chi connectivity index (χ2v) is 3.28. The van der Waals surface area contributed by atoms with Gasteiger partial charge in [-0.1, -0.05) is 11.3 Å². The summed E-state index contributed by atoms with van der Waals surface area (Å²) < 4.78 is 0. The van der Waals surface area contributed by atoms with Crippen LogP contribution in [0.3, 0.4) is 0 Å². The molecule has 0 spiro atoms. The lowest BCUT2D eigenvalue weighted by atomic mass is 10.3. The van der Waals surface area contributed by atoms with Crippen molar-refractivity contribution in [3.63, 3.8) is 0 Å². The first-order chi connectivity index (χ1) is 5.65. The van der Waals surface area contributed by atoms with Crippen molar-refractivity contribution in [2.24, 2.45) is 5.73 Å². The molecule has 0 aliphatic heterocycles. The molecular formula is C6H8N2O3S. The average molecular weight is 188 g/mol. The first-order valence-electron chi connectivity index (χ1n) is 3.27. The van der Waals surface area contributed by atoms with E-state index in [0.717, 1.165) is 11.3 Å². The SMILES string of the molecule is NC[C@H](O)c1ccc([N+](=O)[O-])s1. The van der Waals surface area contributed by atoms with Crippen LogP contribution >= 0.6 is 11.3 Å². The van der Waals surface area contributed by atoms with Crippen LogP contribution in [-0.2, 0) is 0 Å². The zero-order valence-electron chi connectivity index (χ0n) is 6.14. The molecule has 0 aliphatic carbocycles. The summed E-state index contributed by atoms with van der Waals surface area (Å²) in [5.41, 5.74) is 5.18. The first-order valence-corrected chi connectivity index (χ1v) is 4.09. The molecule has 0 aromatic carbocycles. The van der Waals surface area contributed by atoms with Crippen molar-refractivity contribution in [3.8, 4) is 0 Å². The fourth-order valence-corrected chi connectivity index (χ4v) is 1.56. The monoisotopic (exact) mass is 188 g/mol. The summed E-state index contributed by atoms with van der Waals surface area (Å²) in [4.78, 5) is 10.3. The Morgan fingerprint density at radius 1 is 1.75 bits per heavy atom. The van der Waals surface area contributed by atoms with Crippen molar-refractivity contribution in [2.75, 3.05) is 6.54 Å². The van der Waals surface area contributed by atoms with Gasteiger partial charge in [0.2, 0.25) is 0 Å². The molecular weight excluding hydrogens is 180 g/mol. The lowest BCUT2D eigenvalue weighted by Gasteiger charge is -2.01. The Balaban J connectivity index is 2.84. The van der Waals surface area contributed by atoms with Gasteiger partial charge >= 0.3 is 5.00 Å². The Bertz CT molecular complexity index is 286. The third-order valence-corrected chi connectivity index (χ3v) is 2.48. The van der Waals surface area contributed by atoms with E-state index in [0.29, 0.717) is 4.88 Å². The average Bonchev–Trinajstić information content (AvgIpc) is 2.51. The number of aliphatic hydroxyl groups is 1. The minimum Gasteiger partial charge on any atom is -0.386 e. The highest BCUT2D eigenvalue weighted by Crippen LogP contribution is 2.27. The molecule has 0 unspecified atom stereocenters. The number of nitrogens with two attached hydrogens (primary N) is 1. The Hall–Kier alpha value is -0.980. The van der Waals surface area contributed by atoms with E-state index in [4.69, 9.17) is 5.73 Å². The highest BCUT2D eigenvalue weighted by Gasteiger charge is 2.13. The van der Waals surface area contributed by atoms with Crippen molar-refractivity contribution in [1.82, 2.24) is 0 Å². The maximum Gasteiger partial charge on any atom is 0.324 e. The van der Waals surface area contributed by atoms with Gasteiger partial charge in [-0.3, -0.25) is 10.1 Å². The predicted octanol–water partition coefficient (Wildman–Crippen LogP) is 0.648. The van der Waals surface area contributed by atoms with Gasteiger partial charge < -0.3 is 10.8 Å². The number of aliphatic hydroxyl groups excluding tert-OH is 1. The molecule has 0 radical (unpaired) electrons. The van der Waals surface area contributed by atoms with Gasteiger partial charge in [0.15, 0.2) is 0 Å². The van der Waals surface area contributed by atoms with E-state index in [1.807, 2.05) is 0 Å². The lowest BCUT2D eigenvalue weighted by Crippen LogP contribution is -2.09. The molecule has 0 saturated carbocycles. The van der Waals surface area contributed by atoms with Crippen LogP contribution in [0.25, 0.3) is 0 Å². The van der Waals surface area contributed by atoms with E-state index < -0.39 is 11.0 Å². The largest absolute Gasteiger partial charge is 0.386 e. The quantitative estimate of drug-likeness (QED) is 0.538. The summed E-state index contributed by atoms with van der Waals surface area (Å²) in [5.74, 6) is 0. The third kappa shape index (κ3) is 1.79. The summed E-state index contributed by atoms with van der Waals surface area (Å²) in [5, 5.41) is 19.4. The molecule has 1 aromatic rings. The molecule has 0 amide bonds. The molecule has 0 fully saturated rings. The molecule has 1 rings (SSSR count). The van der Waals surface area contributed by atoms with Crippen LogP contribution in [0.15, 0.2) is 12.1 Å². The Morgan fingerprint density at radius 3 is 2.83 bits per heavy atom. The fourth-order valence-electron chi connectivity index (χ4n) is 0.736. The Labute approximate surface area is 72.6 Å². The van der Waals surface area contributed by atoms with Crippen LogP contribution in [0.5, 0.6) is 0 Å². The van der Waals surface area contributed by atoms with Crippen LogP contribution in [-0.4, -0.2) is 16.6 Å². The normalized spacial score (nSPS) is 12.8. The van der Waals surface area contributed by atoms with Crippen LogP contribution in [0.2, 0.25) is 0 Å². The van der Waals surface area contributed by atoms with E-state index in [1.165, 1.54) is 12.1 Å². The van der Waals surface area contributed by atoms with Crippen LogP contribution < -0.4 is 5.73 Å². The van der Waals surface area contributed by atoms with Gasteiger partial charge in [0.05, 0.1) is 4.92 Å². The number of hydrogen-bond donors (Lipinski definition) is 2. The second-order valence-electron chi connectivity index (χ2n) is 2.18. The van der Waals surface area contributed by atoms with Gasteiger partial charge in [-0.05, 0) is 6.07 Å². The molecule has 1 atom stereocenters. The topological polar surface area (TPSA) is 89.4 Å². The second kappa shape index (κ2) is 3.61. The van der Waals surface area contributed by atoms with Gasteiger partial charge in [0, 0.05) is 17.5 Å². The lowest BCUT2D eigenvalue weighted by molar-refractivity contribution is -0.380. The summed E-state index contributed by atoms with van der Waals surface area (Å²) in [7, 11) is 0. The van der Waals surface area contributed by atoms with Crippen LogP contribution in [0, 0.1) is 10.1 Å². The van der Waals surface area contributed by atoms with E-state index in [-0.39, 0.29) is 11.5 Å². The van der Waals surface area contributed by atoms with Crippen molar-refractivity contribution >= 4 is 16.3 Å². The summed E-state index contributed by atoms with van der Waals surface area (Å²) >= 11 is 0.945. The zero-order chi connectivity index (χ0) is 9.14. The smallest absolute Gasteiger partial charge is 0.324 e. The third-order valence-electron chi connectivity index (χ3n) is 1.34.